The van der Waals surface area contributed by atoms with Crippen molar-refractivity contribution in [3.8, 4) is 0 Å². The van der Waals surface area contributed by atoms with Crippen molar-refractivity contribution in [1.82, 2.24) is 15.6 Å². The molecule has 5 heteroatoms. The second-order valence-electron chi connectivity index (χ2n) is 6.58. The number of hydrogen-bond donors (Lipinski definition) is 3. The van der Waals surface area contributed by atoms with Crippen molar-refractivity contribution in [2.24, 2.45) is 5.92 Å². The molecule has 1 aromatic carbocycles. The molecule has 3 N–H and O–H groups in total. The van der Waals surface area contributed by atoms with Crippen LogP contribution in [-0.2, 0) is 16.0 Å². The van der Waals surface area contributed by atoms with Crippen LogP contribution in [-0.4, -0.2) is 29.9 Å². The maximum Gasteiger partial charge on any atom is 0.242 e. The van der Waals surface area contributed by atoms with Gasteiger partial charge in [0.1, 0.15) is 6.04 Å². The summed E-state index contributed by atoms with van der Waals surface area (Å²) in [5.41, 5.74) is 2.34. The third-order valence-corrected chi connectivity index (χ3v) is 4.13. The molecule has 2 aromatic rings. The molecule has 2 amide bonds. The number of rotatable bonds is 8. The minimum atomic E-state index is -0.449. The van der Waals surface area contributed by atoms with E-state index in [1.54, 1.807) is 7.05 Å². The topological polar surface area (TPSA) is 74.0 Å². The zero-order valence-electron chi connectivity index (χ0n) is 14.7. The number of H-pyrrole nitrogens is 1. The number of hydrogen-bond acceptors (Lipinski definition) is 2. The van der Waals surface area contributed by atoms with E-state index in [9.17, 15) is 9.59 Å². The molecule has 0 bridgehead atoms. The van der Waals surface area contributed by atoms with Crippen molar-refractivity contribution in [3.63, 3.8) is 0 Å². The molecular formula is C19H27N3O2. The number of benzene rings is 1. The SMILES string of the molecule is CNC(=O)[C@H](CC(C)C)NC(=O)CCCc1c[nH]c2ccccc12. The number of likely N-dealkylation sites (N-methyl/N-ethyl adjacent to an activating group) is 1. The first kappa shape index (κ1) is 18.0. The van der Waals surface area contributed by atoms with E-state index in [2.05, 4.69) is 21.7 Å². The second kappa shape index (κ2) is 8.52. The van der Waals surface area contributed by atoms with Crippen LogP contribution in [0.2, 0.25) is 0 Å². The fourth-order valence-corrected chi connectivity index (χ4v) is 2.92. The van der Waals surface area contributed by atoms with Gasteiger partial charge in [0.15, 0.2) is 0 Å². The van der Waals surface area contributed by atoms with E-state index >= 15 is 0 Å². The van der Waals surface area contributed by atoms with E-state index in [0.29, 0.717) is 18.8 Å². The number of fused-ring (bicyclic) bond motifs is 1. The molecule has 0 unspecified atom stereocenters. The number of aromatic amines is 1. The van der Waals surface area contributed by atoms with E-state index in [0.717, 1.165) is 18.4 Å². The van der Waals surface area contributed by atoms with Crippen LogP contribution in [0.3, 0.4) is 0 Å². The summed E-state index contributed by atoms with van der Waals surface area (Å²) in [6.07, 6.45) is 4.68. The highest BCUT2D eigenvalue weighted by atomic mass is 16.2. The van der Waals surface area contributed by atoms with Crippen LogP contribution in [0.25, 0.3) is 10.9 Å². The lowest BCUT2D eigenvalue weighted by molar-refractivity contribution is -0.129. The van der Waals surface area contributed by atoms with E-state index in [4.69, 9.17) is 0 Å². The fraction of sp³-hybridized carbons (Fsp3) is 0.474. The van der Waals surface area contributed by atoms with Gasteiger partial charge in [-0.05, 0) is 36.8 Å². The molecule has 5 nitrogen and oxygen atoms in total. The van der Waals surface area contributed by atoms with E-state index < -0.39 is 6.04 Å². The number of para-hydroxylation sites is 1. The first-order chi connectivity index (χ1) is 11.5. The molecule has 1 heterocycles. The highest BCUT2D eigenvalue weighted by molar-refractivity contribution is 5.87. The third kappa shape index (κ3) is 4.85. The summed E-state index contributed by atoms with van der Waals surface area (Å²) >= 11 is 0. The Balaban J connectivity index is 1.84. The minimum absolute atomic E-state index is 0.0657. The first-order valence-electron chi connectivity index (χ1n) is 8.57. The molecule has 130 valence electrons. The number of carbonyl (C=O) groups is 2. The molecule has 0 aliphatic carbocycles. The molecule has 0 spiro atoms. The van der Waals surface area contributed by atoms with E-state index in [1.807, 2.05) is 38.2 Å². The van der Waals surface area contributed by atoms with Crippen LogP contribution in [0.1, 0.15) is 38.7 Å². The maximum absolute atomic E-state index is 12.1. The predicted octanol–water partition coefficient (Wildman–Crippen LogP) is 2.77. The van der Waals surface area contributed by atoms with Gasteiger partial charge in [0.05, 0.1) is 0 Å². The van der Waals surface area contributed by atoms with Gasteiger partial charge in [-0.25, -0.2) is 0 Å². The number of aromatic nitrogens is 1. The Hall–Kier alpha value is -2.30. The van der Waals surface area contributed by atoms with Crippen LogP contribution < -0.4 is 10.6 Å². The van der Waals surface area contributed by atoms with Crippen molar-refractivity contribution < 1.29 is 9.59 Å². The Bertz CT molecular complexity index is 691. The Morgan fingerprint density at radius 3 is 2.67 bits per heavy atom. The van der Waals surface area contributed by atoms with E-state index in [1.165, 1.54) is 10.9 Å². The molecule has 0 saturated carbocycles. The lowest BCUT2D eigenvalue weighted by Gasteiger charge is -2.19. The monoisotopic (exact) mass is 329 g/mol. The number of amides is 2. The lowest BCUT2D eigenvalue weighted by atomic mass is 10.0. The normalized spacial score (nSPS) is 12.3. The molecule has 24 heavy (non-hydrogen) atoms. The van der Waals surface area contributed by atoms with Crippen molar-refractivity contribution in [2.75, 3.05) is 7.05 Å². The van der Waals surface area contributed by atoms with Gasteiger partial charge in [-0.15, -0.1) is 0 Å². The molecule has 2 rings (SSSR count). The number of carbonyl (C=O) groups excluding carboxylic acids is 2. The van der Waals surface area contributed by atoms with Crippen molar-refractivity contribution in [2.45, 2.75) is 45.6 Å². The summed E-state index contributed by atoms with van der Waals surface area (Å²) in [6, 6.07) is 7.71. The average Bonchev–Trinajstić information content (AvgIpc) is 2.96. The van der Waals surface area contributed by atoms with Crippen molar-refractivity contribution >= 4 is 22.7 Å². The van der Waals surface area contributed by atoms with Gasteiger partial charge >= 0.3 is 0 Å². The highest BCUT2D eigenvalue weighted by Crippen LogP contribution is 2.19. The quantitative estimate of drug-likeness (QED) is 0.697. The third-order valence-electron chi connectivity index (χ3n) is 4.13. The Morgan fingerprint density at radius 1 is 1.21 bits per heavy atom. The zero-order chi connectivity index (χ0) is 17.5. The summed E-state index contributed by atoms with van der Waals surface area (Å²) in [5, 5.41) is 6.68. The summed E-state index contributed by atoms with van der Waals surface area (Å²) in [7, 11) is 1.60. The molecule has 0 saturated heterocycles. The lowest BCUT2D eigenvalue weighted by Crippen LogP contribution is -2.46. The van der Waals surface area contributed by atoms with Crippen LogP contribution in [0.5, 0.6) is 0 Å². The van der Waals surface area contributed by atoms with Crippen LogP contribution in [0.15, 0.2) is 30.5 Å². The molecule has 1 aromatic heterocycles. The summed E-state index contributed by atoms with van der Waals surface area (Å²) in [6.45, 7) is 4.08. The Morgan fingerprint density at radius 2 is 1.96 bits per heavy atom. The zero-order valence-corrected chi connectivity index (χ0v) is 14.7. The minimum Gasteiger partial charge on any atom is -0.361 e. The first-order valence-corrected chi connectivity index (χ1v) is 8.57. The predicted molar refractivity (Wildman–Crippen MR) is 96.7 cm³/mol. The van der Waals surface area contributed by atoms with Crippen LogP contribution >= 0.6 is 0 Å². The summed E-state index contributed by atoms with van der Waals surface area (Å²) < 4.78 is 0. The molecule has 1 atom stereocenters. The van der Waals surface area contributed by atoms with Gasteiger partial charge in [0, 0.05) is 30.6 Å². The molecule has 0 aliphatic rings. The van der Waals surface area contributed by atoms with E-state index in [-0.39, 0.29) is 11.8 Å². The Kier molecular flexibility index (Phi) is 6.41. The van der Waals surface area contributed by atoms with Crippen LogP contribution in [0, 0.1) is 5.92 Å². The van der Waals surface area contributed by atoms with Gasteiger partial charge in [-0.1, -0.05) is 32.0 Å². The smallest absolute Gasteiger partial charge is 0.242 e. The standard InChI is InChI=1S/C19H27N3O2/c1-13(2)11-17(19(24)20-3)22-18(23)10-6-7-14-12-21-16-9-5-4-8-15(14)16/h4-5,8-9,12-13,17,21H,6-7,10-11H2,1-3H3,(H,20,24)(H,22,23)/t17-/m0/s1. The average molecular weight is 329 g/mol. The van der Waals surface area contributed by atoms with Gasteiger partial charge in [0.2, 0.25) is 11.8 Å². The van der Waals surface area contributed by atoms with Gasteiger partial charge in [0.25, 0.3) is 0 Å². The summed E-state index contributed by atoms with van der Waals surface area (Å²) in [4.78, 5) is 27.3. The molecular weight excluding hydrogens is 302 g/mol. The molecule has 0 aliphatic heterocycles. The van der Waals surface area contributed by atoms with Gasteiger partial charge < -0.3 is 15.6 Å². The number of nitrogens with one attached hydrogen (secondary N) is 3. The maximum atomic E-state index is 12.1. The second-order valence-corrected chi connectivity index (χ2v) is 6.58. The van der Waals surface area contributed by atoms with Gasteiger partial charge in [-0.2, -0.15) is 0 Å². The highest BCUT2D eigenvalue weighted by Gasteiger charge is 2.20. The number of aryl methyl sites for hydroxylation is 1. The summed E-state index contributed by atoms with van der Waals surface area (Å²) in [5.74, 6) is 0.150. The largest absolute Gasteiger partial charge is 0.361 e. The van der Waals surface area contributed by atoms with Crippen molar-refractivity contribution in [1.29, 1.82) is 0 Å². The van der Waals surface area contributed by atoms with Crippen LogP contribution in [0.4, 0.5) is 0 Å². The Labute approximate surface area is 143 Å². The van der Waals surface area contributed by atoms with Crippen molar-refractivity contribution in [3.05, 3.63) is 36.0 Å². The fourth-order valence-electron chi connectivity index (χ4n) is 2.92. The molecule has 0 fully saturated rings. The van der Waals surface area contributed by atoms with Gasteiger partial charge in [-0.3, -0.25) is 9.59 Å². The molecule has 0 radical (unpaired) electrons.